The molecule has 0 saturated heterocycles. The molecule has 0 aliphatic carbocycles. The molecular formula is C17H17N3O. The van der Waals surface area contributed by atoms with Crippen LogP contribution in [-0.4, -0.2) is 17.3 Å². The van der Waals surface area contributed by atoms with Gasteiger partial charge in [0.1, 0.15) is 5.75 Å². The largest absolute Gasteiger partial charge is 0.497 e. The summed E-state index contributed by atoms with van der Waals surface area (Å²) in [6.45, 7) is 2.78. The predicted molar refractivity (Wildman–Crippen MR) is 84.6 cm³/mol. The molecule has 0 amide bonds. The van der Waals surface area contributed by atoms with Crippen molar-refractivity contribution in [3.63, 3.8) is 0 Å². The smallest absolute Gasteiger partial charge is 0.156 e. The van der Waals surface area contributed by atoms with Gasteiger partial charge in [0.05, 0.1) is 13.3 Å². The molecule has 1 aromatic heterocycles. The maximum Gasteiger partial charge on any atom is 0.156 e. The van der Waals surface area contributed by atoms with Crippen molar-refractivity contribution in [3.8, 4) is 5.75 Å². The number of hydrogen-bond donors (Lipinski definition) is 1. The van der Waals surface area contributed by atoms with Gasteiger partial charge in [-0.05, 0) is 30.7 Å². The number of benzene rings is 2. The Bertz CT molecular complexity index is 754. The molecule has 0 atom stereocenters. The molecule has 4 heteroatoms. The quantitative estimate of drug-likeness (QED) is 0.793. The van der Waals surface area contributed by atoms with Crippen LogP contribution in [0.2, 0.25) is 0 Å². The summed E-state index contributed by atoms with van der Waals surface area (Å²) in [5.74, 6) is 1.67. The van der Waals surface area contributed by atoms with E-state index in [4.69, 9.17) is 4.74 Å². The van der Waals surface area contributed by atoms with Crippen LogP contribution in [0.5, 0.6) is 5.75 Å². The van der Waals surface area contributed by atoms with Gasteiger partial charge >= 0.3 is 0 Å². The van der Waals surface area contributed by atoms with Gasteiger partial charge in [-0.15, -0.1) is 5.10 Å². The molecule has 0 aliphatic rings. The van der Waals surface area contributed by atoms with Crippen LogP contribution < -0.4 is 10.1 Å². The highest BCUT2D eigenvalue weighted by atomic mass is 16.5. The molecule has 3 aromatic rings. The first kappa shape index (κ1) is 13.4. The van der Waals surface area contributed by atoms with Crippen LogP contribution in [0, 0.1) is 6.92 Å². The second-order valence-electron chi connectivity index (χ2n) is 4.99. The molecule has 3 rings (SSSR count). The molecule has 4 nitrogen and oxygen atoms in total. The first-order chi connectivity index (χ1) is 10.3. The third-order valence-corrected chi connectivity index (χ3v) is 3.44. The summed E-state index contributed by atoms with van der Waals surface area (Å²) < 4.78 is 5.16. The minimum atomic E-state index is 0.700. The van der Waals surface area contributed by atoms with Gasteiger partial charge in [0.25, 0.3) is 0 Å². The molecule has 0 radical (unpaired) electrons. The van der Waals surface area contributed by atoms with Gasteiger partial charge in [-0.25, -0.2) is 0 Å². The third-order valence-electron chi connectivity index (χ3n) is 3.44. The normalized spacial score (nSPS) is 10.6. The van der Waals surface area contributed by atoms with Crippen molar-refractivity contribution in [3.05, 3.63) is 59.8 Å². The van der Waals surface area contributed by atoms with Crippen molar-refractivity contribution in [2.24, 2.45) is 0 Å². The van der Waals surface area contributed by atoms with E-state index in [1.165, 1.54) is 11.1 Å². The Hall–Kier alpha value is -2.62. The highest BCUT2D eigenvalue weighted by molar-refractivity contribution is 5.91. The van der Waals surface area contributed by atoms with E-state index in [2.05, 4.69) is 40.6 Å². The summed E-state index contributed by atoms with van der Waals surface area (Å²) in [7, 11) is 1.67. The van der Waals surface area contributed by atoms with Crippen LogP contribution in [0.1, 0.15) is 11.1 Å². The second-order valence-corrected chi connectivity index (χ2v) is 4.99. The molecule has 2 aromatic carbocycles. The zero-order chi connectivity index (χ0) is 14.7. The van der Waals surface area contributed by atoms with Gasteiger partial charge in [-0.2, -0.15) is 5.10 Å². The number of rotatable bonds is 4. The summed E-state index contributed by atoms with van der Waals surface area (Å²) in [5.41, 5.74) is 2.38. The number of ether oxygens (including phenoxy) is 1. The Morgan fingerprint density at radius 1 is 1.10 bits per heavy atom. The average Bonchev–Trinajstić information content (AvgIpc) is 2.53. The number of nitrogens with one attached hydrogen (secondary N) is 1. The minimum Gasteiger partial charge on any atom is -0.497 e. The number of hydrogen-bond acceptors (Lipinski definition) is 4. The van der Waals surface area contributed by atoms with Gasteiger partial charge in [0, 0.05) is 17.3 Å². The van der Waals surface area contributed by atoms with E-state index in [1.807, 2.05) is 24.3 Å². The summed E-state index contributed by atoms with van der Waals surface area (Å²) in [6.07, 6.45) is 1.79. The molecule has 106 valence electrons. The number of nitrogens with zero attached hydrogens (tertiary/aromatic N) is 2. The van der Waals surface area contributed by atoms with E-state index in [0.29, 0.717) is 6.54 Å². The van der Waals surface area contributed by atoms with Crippen molar-refractivity contribution in [2.45, 2.75) is 13.5 Å². The number of aryl methyl sites for hydroxylation is 1. The highest BCUT2D eigenvalue weighted by Gasteiger charge is 2.04. The Morgan fingerprint density at radius 3 is 2.67 bits per heavy atom. The van der Waals surface area contributed by atoms with E-state index in [-0.39, 0.29) is 0 Å². The van der Waals surface area contributed by atoms with Gasteiger partial charge in [0.2, 0.25) is 0 Å². The lowest BCUT2D eigenvalue weighted by atomic mass is 10.1. The molecule has 0 unspecified atom stereocenters. The lowest BCUT2D eigenvalue weighted by Crippen LogP contribution is -2.03. The maximum absolute atomic E-state index is 5.16. The highest BCUT2D eigenvalue weighted by Crippen LogP contribution is 2.22. The molecule has 1 heterocycles. The van der Waals surface area contributed by atoms with Crippen LogP contribution in [0.15, 0.2) is 48.7 Å². The van der Waals surface area contributed by atoms with Gasteiger partial charge in [0.15, 0.2) is 5.82 Å². The Kier molecular flexibility index (Phi) is 3.69. The summed E-state index contributed by atoms with van der Waals surface area (Å²) in [6, 6.07) is 14.3. The van der Waals surface area contributed by atoms with E-state index in [9.17, 15) is 0 Å². The fourth-order valence-electron chi connectivity index (χ4n) is 2.25. The summed E-state index contributed by atoms with van der Waals surface area (Å²) in [4.78, 5) is 0. The van der Waals surface area contributed by atoms with Crippen LogP contribution in [0.25, 0.3) is 10.8 Å². The molecule has 0 spiro atoms. The standard InChI is InChI=1S/C17H17N3O/c1-12-3-6-14-11-19-20-17(16(14)9-12)18-10-13-4-7-15(21-2)8-5-13/h3-9,11H,10H2,1-2H3,(H,18,20). The van der Waals surface area contributed by atoms with Crippen LogP contribution in [-0.2, 0) is 6.54 Å². The zero-order valence-corrected chi connectivity index (χ0v) is 12.1. The SMILES string of the molecule is COc1ccc(CNc2nncc3ccc(C)cc23)cc1. The lowest BCUT2D eigenvalue weighted by Gasteiger charge is -2.09. The maximum atomic E-state index is 5.16. The molecule has 0 saturated carbocycles. The van der Waals surface area contributed by atoms with Crippen molar-refractivity contribution < 1.29 is 4.74 Å². The van der Waals surface area contributed by atoms with E-state index in [0.717, 1.165) is 22.3 Å². The van der Waals surface area contributed by atoms with Gasteiger partial charge in [-0.1, -0.05) is 29.8 Å². The Labute approximate surface area is 123 Å². The molecular weight excluding hydrogens is 262 g/mol. The van der Waals surface area contributed by atoms with Gasteiger partial charge < -0.3 is 10.1 Å². The Balaban J connectivity index is 1.82. The van der Waals surface area contributed by atoms with Crippen molar-refractivity contribution in [2.75, 3.05) is 12.4 Å². The third kappa shape index (κ3) is 2.94. The zero-order valence-electron chi connectivity index (χ0n) is 12.1. The number of fused-ring (bicyclic) bond motifs is 1. The monoisotopic (exact) mass is 279 g/mol. The molecule has 0 fully saturated rings. The second kappa shape index (κ2) is 5.79. The molecule has 21 heavy (non-hydrogen) atoms. The minimum absolute atomic E-state index is 0.700. The van der Waals surface area contributed by atoms with Crippen molar-refractivity contribution >= 4 is 16.6 Å². The van der Waals surface area contributed by atoms with E-state index >= 15 is 0 Å². The molecule has 1 N–H and O–H groups in total. The number of methoxy groups -OCH3 is 1. The van der Waals surface area contributed by atoms with Crippen LogP contribution in [0.4, 0.5) is 5.82 Å². The lowest BCUT2D eigenvalue weighted by molar-refractivity contribution is 0.414. The number of aromatic nitrogens is 2. The fourth-order valence-corrected chi connectivity index (χ4v) is 2.25. The molecule has 0 aliphatic heterocycles. The summed E-state index contributed by atoms with van der Waals surface area (Å²) in [5, 5.41) is 13.8. The fraction of sp³-hybridized carbons (Fsp3) is 0.176. The average molecular weight is 279 g/mol. The molecule has 0 bridgehead atoms. The first-order valence-electron chi connectivity index (χ1n) is 6.85. The predicted octanol–water partition coefficient (Wildman–Crippen LogP) is 3.56. The Morgan fingerprint density at radius 2 is 1.90 bits per heavy atom. The topological polar surface area (TPSA) is 47.0 Å². The van der Waals surface area contributed by atoms with Crippen LogP contribution >= 0.6 is 0 Å². The van der Waals surface area contributed by atoms with Gasteiger partial charge in [-0.3, -0.25) is 0 Å². The van der Waals surface area contributed by atoms with Crippen molar-refractivity contribution in [1.29, 1.82) is 0 Å². The van der Waals surface area contributed by atoms with Crippen LogP contribution in [0.3, 0.4) is 0 Å². The van der Waals surface area contributed by atoms with Crippen molar-refractivity contribution in [1.82, 2.24) is 10.2 Å². The summed E-state index contributed by atoms with van der Waals surface area (Å²) >= 11 is 0. The first-order valence-corrected chi connectivity index (χ1v) is 6.85. The number of anilines is 1. The van der Waals surface area contributed by atoms with E-state index in [1.54, 1.807) is 13.3 Å². The van der Waals surface area contributed by atoms with E-state index < -0.39 is 0 Å².